The second-order valence-corrected chi connectivity index (χ2v) is 4.37. The highest BCUT2D eigenvalue weighted by molar-refractivity contribution is 5.24. The molecule has 0 aromatic carbocycles. The molecule has 0 spiro atoms. The van der Waals surface area contributed by atoms with Crippen LogP contribution in [0.25, 0.3) is 0 Å². The van der Waals surface area contributed by atoms with Crippen LogP contribution in [0.3, 0.4) is 0 Å². The van der Waals surface area contributed by atoms with Crippen molar-refractivity contribution in [1.82, 2.24) is 10.3 Å². The maximum atomic E-state index is 5.65. The van der Waals surface area contributed by atoms with E-state index in [-0.39, 0.29) is 6.10 Å². The molecule has 2 rings (SSSR count). The van der Waals surface area contributed by atoms with Crippen LogP contribution in [0.4, 0.5) is 0 Å². The Hall–Kier alpha value is -1.13. The monoisotopic (exact) mass is 236 g/mol. The average molecular weight is 236 g/mol. The maximum Gasteiger partial charge on any atom is 0.213 e. The molecule has 1 unspecified atom stereocenters. The first kappa shape index (κ1) is 12.3. The molecule has 0 saturated carbocycles. The minimum absolute atomic E-state index is 0.245. The lowest BCUT2D eigenvalue weighted by Gasteiger charge is -2.12. The van der Waals surface area contributed by atoms with E-state index in [0.29, 0.717) is 12.5 Å². The van der Waals surface area contributed by atoms with Gasteiger partial charge in [0.2, 0.25) is 5.88 Å². The molecule has 0 amide bonds. The zero-order valence-corrected chi connectivity index (χ0v) is 10.5. The lowest BCUT2D eigenvalue weighted by atomic mass is 10.2. The Bertz CT molecular complexity index is 362. The first-order valence-corrected chi connectivity index (χ1v) is 6.15. The Balaban J connectivity index is 1.90. The smallest absolute Gasteiger partial charge is 0.213 e. The van der Waals surface area contributed by atoms with Gasteiger partial charge in [0.15, 0.2) is 0 Å². The van der Waals surface area contributed by atoms with E-state index in [1.54, 1.807) is 0 Å². The number of hydrogen-bond acceptors (Lipinski definition) is 4. The molecule has 0 aliphatic carbocycles. The third-order valence-corrected chi connectivity index (χ3v) is 2.98. The summed E-state index contributed by atoms with van der Waals surface area (Å²) in [5.41, 5.74) is 2.22. The predicted molar refractivity (Wildman–Crippen MR) is 66.2 cm³/mol. The summed E-state index contributed by atoms with van der Waals surface area (Å²) in [6.45, 7) is 4.32. The van der Waals surface area contributed by atoms with Gasteiger partial charge in [-0.3, -0.25) is 0 Å². The number of nitrogens with zero attached hydrogens (tertiary/aromatic N) is 1. The second kappa shape index (κ2) is 5.98. The molecule has 0 bridgehead atoms. The van der Waals surface area contributed by atoms with Crippen molar-refractivity contribution >= 4 is 0 Å². The van der Waals surface area contributed by atoms with Gasteiger partial charge in [-0.25, -0.2) is 4.98 Å². The van der Waals surface area contributed by atoms with Crippen molar-refractivity contribution in [3.05, 3.63) is 23.4 Å². The molecule has 1 aliphatic rings. The lowest BCUT2D eigenvalue weighted by molar-refractivity contribution is 0.0663. The van der Waals surface area contributed by atoms with Crippen molar-refractivity contribution in [2.75, 3.05) is 20.3 Å². The Morgan fingerprint density at radius 2 is 2.41 bits per heavy atom. The number of ether oxygens (including phenoxy) is 2. The summed E-state index contributed by atoms with van der Waals surface area (Å²) >= 11 is 0. The second-order valence-electron chi connectivity index (χ2n) is 4.37. The molecule has 1 aromatic heterocycles. The van der Waals surface area contributed by atoms with E-state index in [9.17, 15) is 0 Å². The largest absolute Gasteiger partial charge is 0.475 e. The van der Waals surface area contributed by atoms with Crippen molar-refractivity contribution in [2.45, 2.75) is 32.4 Å². The van der Waals surface area contributed by atoms with Gasteiger partial charge < -0.3 is 14.8 Å². The first-order chi connectivity index (χ1) is 8.29. The maximum absolute atomic E-state index is 5.65. The van der Waals surface area contributed by atoms with Crippen molar-refractivity contribution in [3.8, 4) is 5.88 Å². The number of hydrogen-bond donors (Lipinski definition) is 1. The summed E-state index contributed by atoms with van der Waals surface area (Å²) < 4.78 is 11.2. The molecule has 1 saturated heterocycles. The predicted octanol–water partition coefficient (Wildman–Crippen LogP) is 1.67. The van der Waals surface area contributed by atoms with Crippen LogP contribution in [0.15, 0.2) is 12.1 Å². The molecule has 4 heteroatoms. The van der Waals surface area contributed by atoms with Gasteiger partial charge in [0.05, 0.1) is 6.10 Å². The van der Waals surface area contributed by atoms with Gasteiger partial charge in [0.25, 0.3) is 0 Å². The van der Waals surface area contributed by atoms with E-state index in [2.05, 4.69) is 16.4 Å². The molecule has 1 aromatic rings. The van der Waals surface area contributed by atoms with E-state index in [1.165, 1.54) is 5.56 Å². The number of rotatable bonds is 5. The Morgan fingerprint density at radius 3 is 3.06 bits per heavy atom. The molecule has 17 heavy (non-hydrogen) atoms. The van der Waals surface area contributed by atoms with Gasteiger partial charge in [-0.05, 0) is 32.4 Å². The molecule has 1 atom stereocenters. The fourth-order valence-electron chi connectivity index (χ4n) is 1.98. The molecule has 0 radical (unpaired) electrons. The number of aromatic nitrogens is 1. The molecule has 1 N–H and O–H groups in total. The highest BCUT2D eigenvalue weighted by Crippen LogP contribution is 2.16. The van der Waals surface area contributed by atoms with Gasteiger partial charge in [-0.1, -0.05) is 6.07 Å². The minimum Gasteiger partial charge on any atom is -0.475 e. The van der Waals surface area contributed by atoms with Gasteiger partial charge in [0.1, 0.15) is 6.61 Å². The van der Waals surface area contributed by atoms with Crippen molar-refractivity contribution in [1.29, 1.82) is 0 Å². The lowest BCUT2D eigenvalue weighted by Crippen LogP contribution is -2.17. The van der Waals surface area contributed by atoms with Crippen LogP contribution in [0.1, 0.15) is 24.1 Å². The van der Waals surface area contributed by atoms with E-state index >= 15 is 0 Å². The van der Waals surface area contributed by atoms with E-state index in [4.69, 9.17) is 9.47 Å². The first-order valence-electron chi connectivity index (χ1n) is 6.15. The van der Waals surface area contributed by atoms with Crippen LogP contribution in [-0.2, 0) is 11.3 Å². The fourth-order valence-corrected chi connectivity index (χ4v) is 1.98. The normalized spacial score (nSPS) is 19.5. The van der Waals surface area contributed by atoms with E-state index < -0.39 is 0 Å². The quantitative estimate of drug-likeness (QED) is 0.844. The average Bonchev–Trinajstić information content (AvgIpc) is 2.83. The zero-order chi connectivity index (χ0) is 12.1. The molecule has 1 fully saturated rings. The third kappa shape index (κ3) is 3.41. The summed E-state index contributed by atoms with van der Waals surface area (Å²) in [6.07, 6.45) is 2.48. The van der Waals surface area contributed by atoms with Gasteiger partial charge >= 0.3 is 0 Å². The molecule has 2 heterocycles. The van der Waals surface area contributed by atoms with Crippen LogP contribution >= 0.6 is 0 Å². The van der Waals surface area contributed by atoms with Gasteiger partial charge in [-0.15, -0.1) is 0 Å². The Morgan fingerprint density at radius 1 is 1.53 bits per heavy atom. The number of nitrogens with one attached hydrogen (secondary N) is 1. The van der Waals surface area contributed by atoms with Crippen molar-refractivity contribution in [2.24, 2.45) is 0 Å². The third-order valence-electron chi connectivity index (χ3n) is 2.98. The van der Waals surface area contributed by atoms with Crippen LogP contribution < -0.4 is 10.1 Å². The molecule has 94 valence electrons. The highest BCUT2D eigenvalue weighted by atomic mass is 16.5. The molecule has 1 aliphatic heterocycles. The number of pyridine rings is 1. The summed E-state index contributed by atoms with van der Waals surface area (Å²) in [7, 11) is 1.93. The van der Waals surface area contributed by atoms with Crippen molar-refractivity contribution in [3.63, 3.8) is 0 Å². The van der Waals surface area contributed by atoms with Crippen LogP contribution in [0.2, 0.25) is 0 Å². The summed E-state index contributed by atoms with van der Waals surface area (Å²) in [4.78, 5) is 4.43. The molecular formula is C13H20N2O2. The fraction of sp³-hybridized carbons (Fsp3) is 0.615. The minimum atomic E-state index is 0.245. The Labute approximate surface area is 102 Å². The van der Waals surface area contributed by atoms with E-state index in [0.717, 1.165) is 31.7 Å². The summed E-state index contributed by atoms with van der Waals surface area (Å²) in [6, 6.07) is 3.98. The number of aryl methyl sites for hydroxylation is 1. The standard InChI is InChI=1S/C13H20N2O2/c1-10-11(8-14-2)5-6-13(15-10)17-9-12-4-3-7-16-12/h5-6,12,14H,3-4,7-9H2,1-2H3. The summed E-state index contributed by atoms with van der Waals surface area (Å²) in [5, 5.41) is 3.12. The summed E-state index contributed by atoms with van der Waals surface area (Å²) in [5.74, 6) is 0.692. The highest BCUT2D eigenvalue weighted by Gasteiger charge is 2.16. The van der Waals surface area contributed by atoms with E-state index in [1.807, 2.05) is 20.0 Å². The van der Waals surface area contributed by atoms with Crippen LogP contribution in [0, 0.1) is 6.92 Å². The van der Waals surface area contributed by atoms with Crippen molar-refractivity contribution < 1.29 is 9.47 Å². The van der Waals surface area contributed by atoms with Crippen LogP contribution in [-0.4, -0.2) is 31.3 Å². The molecule has 4 nitrogen and oxygen atoms in total. The Kier molecular flexibility index (Phi) is 4.34. The SMILES string of the molecule is CNCc1ccc(OCC2CCCO2)nc1C. The van der Waals surface area contributed by atoms with Crippen LogP contribution in [0.5, 0.6) is 5.88 Å². The van der Waals surface area contributed by atoms with Gasteiger partial charge in [0, 0.05) is 24.9 Å². The van der Waals surface area contributed by atoms with Gasteiger partial charge in [-0.2, -0.15) is 0 Å². The zero-order valence-electron chi connectivity index (χ0n) is 10.5. The molecular weight excluding hydrogens is 216 g/mol. The topological polar surface area (TPSA) is 43.4 Å².